The highest BCUT2D eigenvalue weighted by Crippen LogP contribution is 2.36. The van der Waals surface area contributed by atoms with Gasteiger partial charge in [-0.2, -0.15) is 0 Å². The first-order valence-corrected chi connectivity index (χ1v) is 8.61. The second-order valence-corrected chi connectivity index (χ2v) is 6.91. The monoisotopic (exact) mass is 341 g/mol. The number of carbonyl (C=O) groups is 2. The van der Waals surface area contributed by atoms with Crippen molar-refractivity contribution in [1.29, 1.82) is 0 Å². The molecule has 25 heavy (non-hydrogen) atoms. The molecule has 1 aliphatic rings. The number of carboxylic acids is 1. The van der Waals surface area contributed by atoms with Crippen LogP contribution in [0.15, 0.2) is 47.1 Å². The van der Waals surface area contributed by atoms with Gasteiger partial charge in [-0.3, -0.25) is 9.59 Å². The van der Waals surface area contributed by atoms with E-state index in [1.54, 1.807) is 4.90 Å². The van der Waals surface area contributed by atoms with Crippen molar-refractivity contribution in [3.8, 4) is 0 Å². The molecule has 0 bridgehead atoms. The molecule has 2 heterocycles. The molecule has 5 nitrogen and oxygen atoms in total. The number of carbonyl (C=O) groups excluding carboxylic acids is 1. The van der Waals surface area contributed by atoms with E-state index in [1.807, 2.05) is 50.2 Å². The first-order valence-electron chi connectivity index (χ1n) is 8.61. The van der Waals surface area contributed by atoms with Crippen LogP contribution >= 0.6 is 0 Å². The van der Waals surface area contributed by atoms with Gasteiger partial charge in [0.25, 0.3) is 5.91 Å². The first kappa shape index (κ1) is 17.3. The van der Waals surface area contributed by atoms with Gasteiger partial charge in [0.2, 0.25) is 0 Å². The van der Waals surface area contributed by atoms with Gasteiger partial charge in [0, 0.05) is 18.7 Å². The Bertz CT molecular complexity index is 755. The highest BCUT2D eigenvalue weighted by atomic mass is 16.4. The Morgan fingerprint density at radius 1 is 1.12 bits per heavy atom. The lowest BCUT2D eigenvalue weighted by Crippen LogP contribution is -2.49. The predicted molar refractivity (Wildman–Crippen MR) is 93.7 cm³/mol. The summed E-state index contributed by atoms with van der Waals surface area (Å²) < 4.78 is 5.42. The van der Waals surface area contributed by atoms with Gasteiger partial charge in [-0.05, 0) is 30.4 Å². The van der Waals surface area contributed by atoms with E-state index in [1.165, 1.54) is 6.26 Å². The molecule has 5 heteroatoms. The number of benzene rings is 1. The number of hydrogen-bond donors (Lipinski definition) is 1. The van der Waals surface area contributed by atoms with Gasteiger partial charge in [0.05, 0.1) is 11.7 Å². The number of piperidine rings is 1. The quantitative estimate of drug-likeness (QED) is 0.921. The average molecular weight is 341 g/mol. The summed E-state index contributed by atoms with van der Waals surface area (Å²) >= 11 is 0. The van der Waals surface area contributed by atoms with Crippen LogP contribution in [0.25, 0.3) is 0 Å². The average Bonchev–Trinajstić information content (AvgIpc) is 3.12. The summed E-state index contributed by atoms with van der Waals surface area (Å²) in [5.41, 5.74) is 0.765. The van der Waals surface area contributed by atoms with Gasteiger partial charge in [0.15, 0.2) is 5.76 Å². The topological polar surface area (TPSA) is 70.8 Å². The summed E-state index contributed by atoms with van der Waals surface area (Å²) in [5, 5.41) is 9.85. The molecular weight excluding hydrogens is 318 g/mol. The van der Waals surface area contributed by atoms with Crippen molar-refractivity contribution >= 4 is 11.9 Å². The van der Waals surface area contributed by atoms with Gasteiger partial charge in [0.1, 0.15) is 0 Å². The normalized spacial score (nSPS) is 16.8. The molecule has 0 aliphatic carbocycles. The van der Waals surface area contributed by atoms with Gasteiger partial charge in [-0.1, -0.05) is 44.2 Å². The van der Waals surface area contributed by atoms with Crippen molar-refractivity contribution in [2.75, 3.05) is 13.1 Å². The second-order valence-electron chi connectivity index (χ2n) is 6.91. The third-order valence-electron chi connectivity index (χ3n) is 5.15. The molecule has 0 radical (unpaired) electrons. The third-order valence-corrected chi connectivity index (χ3v) is 5.15. The van der Waals surface area contributed by atoms with Crippen molar-refractivity contribution in [1.82, 2.24) is 4.90 Å². The number of aliphatic carboxylic acids is 1. The summed E-state index contributed by atoms with van der Waals surface area (Å²) in [4.78, 5) is 26.5. The van der Waals surface area contributed by atoms with Crippen molar-refractivity contribution in [3.05, 3.63) is 59.5 Å². The van der Waals surface area contributed by atoms with Crippen LogP contribution in [0.5, 0.6) is 0 Å². The van der Waals surface area contributed by atoms with Gasteiger partial charge < -0.3 is 14.4 Å². The van der Waals surface area contributed by atoms with Gasteiger partial charge >= 0.3 is 5.97 Å². The fourth-order valence-electron chi connectivity index (χ4n) is 3.57. The van der Waals surface area contributed by atoms with E-state index in [2.05, 4.69) is 0 Å². The predicted octanol–water partition coefficient (Wildman–Crippen LogP) is 3.66. The van der Waals surface area contributed by atoms with E-state index in [-0.39, 0.29) is 11.8 Å². The Balaban J connectivity index is 1.79. The zero-order valence-electron chi connectivity index (χ0n) is 14.6. The number of rotatable bonds is 4. The smallest absolute Gasteiger partial charge is 0.314 e. The first-order chi connectivity index (χ1) is 12.0. The van der Waals surface area contributed by atoms with Crippen molar-refractivity contribution in [2.45, 2.75) is 38.0 Å². The van der Waals surface area contributed by atoms with E-state index >= 15 is 0 Å². The highest BCUT2D eigenvalue weighted by Gasteiger charge is 2.44. The SMILES string of the molecule is CC(C)c1ccoc1C(=O)N1CCC(C(=O)O)(c2ccccc2)CC1. The Hall–Kier alpha value is -2.56. The molecule has 1 aliphatic heterocycles. The molecule has 0 saturated carbocycles. The molecule has 1 N–H and O–H groups in total. The molecule has 1 aromatic heterocycles. The lowest BCUT2D eigenvalue weighted by Gasteiger charge is -2.39. The number of hydrogen-bond acceptors (Lipinski definition) is 3. The number of likely N-dealkylation sites (tertiary alicyclic amines) is 1. The fraction of sp³-hybridized carbons (Fsp3) is 0.400. The van der Waals surface area contributed by atoms with E-state index in [0.717, 1.165) is 11.1 Å². The maximum Gasteiger partial charge on any atom is 0.314 e. The molecule has 2 aromatic rings. The second kappa shape index (κ2) is 6.75. The Morgan fingerprint density at radius 2 is 1.76 bits per heavy atom. The summed E-state index contributed by atoms with van der Waals surface area (Å²) in [6, 6.07) is 11.1. The van der Waals surface area contributed by atoms with Crippen LogP contribution in [0, 0.1) is 0 Å². The van der Waals surface area contributed by atoms with Crippen LogP contribution in [-0.2, 0) is 10.2 Å². The van der Waals surface area contributed by atoms with Crippen LogP contribution in [0.2, 0.25) is 0 Å². The summed E-state index contributed by atoms with van der Waals surface area (Å²) in [7, 11) is 0. The molecule has 0 unspecified atom stereocenters. The lowest BCUT2D eigenvalue weighted by atomic mass is 9.73. The Morgan fingerprint density at radius 3 is 2.32 bits per heavy atom. The largest absolute Gasteiger partial charge is 0.481 e. The highest BCUT2D eigenvalue weighted by molar-refractivity contribution is 5.93. The van der Waals surface area contributed by atoms with Crippen molar-refractivity contribution < 1.29 is 19.1 Å². The van der Waals surface area contributed by atoms with E-state index < -0.39 is 11.4 Å². The molecule has 1 fully saturated rings. The van der Waals surface area contributed by atoms with Crippen LogP contribution in [0.3, 0.4) is 0 Å². The van der Waals surface area contributed by atoms with Crippen molar-refractivity contribution in [2.24, 2.45) is 0 Å². The third kappa shape index (κ3) is 3.06. The fourth-order valence-corrected chi connectivity index (χ4v) is 3.57. The van der Waals surface area contributed by atoms with Crippen LogP contribution < -0.4 is 0 Å². The minimum absolute atomic E-state index is 0.152. The Labute approximate surface area is 147 Å². The molecule has 1 aromatic carbocycles. The molecule has 1 saturated heterocycles. The minimum atomic E-state index is -0.928. The van der Waals surface area contributed by atoms with E-state index in [4.69, 9.17) is 4.42 Å². The molecule has 0 spiro atoms. The molecule has 0 atom stereocenters. The maximum absolute atomic E-state index is 12.8. The van der Waals surface area contributed by atoms with Crippen LogP contribution in [-0.4, -0.2) is 35.0 Å². The number of furan rings is 1. The molecule has 132 valence electrons. The van der Waals surface area contributed by atoms with Gasteiger partial charge in [-0.25, -0.2) is 0 Å². The summed E-state index contributed by atoms with van der Waals surface area (Å²) in [6.45, 7) is 4.84. The van der Waals surface area contributed by atoms with E-state index in [9.17, 15) is 14.7 Å². The van der Waals surface area contributed by atoms with Crippen LogP contribution in [0.4, 0.5) is 0 Å². The number of nitrogens with zero attached hydrogens (tertiary/aromatic N) is 1. The maximum atomic E-state index is 12.8. The molecular formula is C20H23NO4. The van der Waals surface area contributed by atoms with Crippen molar-refractivity contribution in [3.63, 3.8) is 0 Å². The lowest BCUT2D eigenvalue weighted by molar-refractivity contribution is -0.145. The Kier molecular flexibility index (Phi) is 4.66. The minimum Gasteiger partial charge on any atom is -0.481 e. The molecule has 1 amide bonds. The standard InChI is InChI=1S/C20H23NO4/c1-14(2)16-8-13-25-17(16)18(22)21-11-9-20(10-12-21,19(23)24)15-6-4-3-5-7-15/h3-8,13-14H,9-12H2,1-2H3,(H,23,24). The summed E-state index contributed by atoms with van der Waals surface area (Å²) in [6.07, 6.45) is 2.34. The summed E-state index contributed by atoms with van der Waals surface area (Å²) in [5.74, 6) is -0.408. The van der Waals surface area contributed by atoms with Gasteiger partial charge in [-0.15, -0.1) is 0 Å². The zero-order chi connectivity index (χ0) is 18.0. The number of carboxylic acid groups (broad SMARTS) is 1. The van der Waals surface area contributed by atoms with E-state index in [0.29, 0.717) is 31.7 Å². The number of amides is 1. The zero-order valence-corrected chi connectivity index (χ0v) is 14.6. The molecule has 3 rings (SSSR count). The van der Waals surface area contributed by atoms with Crippen LogP contribution in [0.1, 0.15) is 54.3 Å².